The van der Waals surface area contributed by atoms with Crippen LogP contribution in [0.25, 0.3) is 0 Å². The third-order valence-electron chi connectivity index (χ3n) is 2.70. The lowest BCUT2D eigenvalue weighted by molar-refractivity contribution is 0.386. The number of hydrogen-bond acceptors (Lipinski definition) is 3. The SMILES string of the molecule is CCCN(c1cc(OC)c(F)cc1N)C(C)C. The lowest BCUT2D eigenvalue weighted by Crippen LogP contribution is -2.32. The molecule has 0 saturated heterocycles. The molecular weight excluding hydrogens is 219 g/mol. The Bertz CT molecular complexity index is 380. The molecule has 1 aromatic rings. The number of anilines is 2. The van der Waals surface area contributed by atoms with Gasteiger partial charge in [0.25, 0.3) is 0 Å². The summed E-state index contributed by atoms with van der Waals surface area (Å²) in [6.07, 6.45) is 1.01. The first-order valence-electron chi connectivity index (χ1n) is 5.90. The third-order valence-corrected chi connectivity index (χ3v) is 2.70. The van der Waals surface area contributed by atoms with Gasteiger partial charge in [-0.15, -0.1) is 0 Å². The molecule has 0 aliphatic rings. The minimum absolute atomic E-state index is 0.232. The highest BCUT2D eigenvalue weighted by molar-refractivity contribution is 5.70. The molecule has 0 aliphatic heterocycles. The summed E-state index contributed by atoms with van der Waals surface area (Å²) in [5.41, 5.74) is 7.16. The first-order valence-corrected chi connectivity index (χ1v) is 5.90. The van der Waals surface area contributed by atoms with E-state index in [0.717, 1.165) is 18.7 Å². The van der Waals surface area contributed by atoms with Crippen LogP contribution in [0.4, 0.5) is 15.8 Å². The van der Waals surface area contributed by atoms with Crippen LogP contribution in [0.3, 0.4) is 0 Å². The maximum Gasteiger partial charge on any atom is 0.167 e. The molecule has 4 heteroatoms. The number of methoxy groups -OCH3 is 1. The van der Waals surface area contributed by atoms with Crippen LogP contribution >= 0.6 is 0 Å². The average Bonchev–Trinajstić information content (AvgIpc) is 2.26. The van der Waals surface area contributed by atoms with Crippen LogP contribution in [0.5, 0.6) is 5.75 Å². The maximum atomic E-state index is 13.5. The fourth-order valence-corrected chi connectivity index (χ4v) is 1.86. The molecule has 1 rings (SSSR count). The van der Waals surface area contributed by atoms with Crippen molar-refractivity contribution in [3.8, 4) is 5.75 Å². The Labute approximate surface area is 102 Å². The minimum Gasteiger partial charge on any atom is -0.494 e. The van der Waals surface area contributed by atoms with Crippen LogP contribution in [0.1, 0.15) is 27.2 Å². The summed E-state index contributed by atoms with van der Waals surface area (Å²) < 4.78 is 18.4. The normalized spacial score (nSPS) is 10.7. The number of nitrogen functional groups attached to an aromatic ring is 1. The van der Waals surface area contributed by atoms with Gasteiger partial charge in [0.2, 0.25) is 0 Å². The second-order valence-electron chi connectivity index (χ2n) is 4.33. The molecule has 0 fully saturated rings. The Morgan fingerprint density at radius 3 is 2.53 bits per heavy atom. The predicted octanol–water partition coefficient (Wildman–Crippen LogP) is 3.04. The van der Waals surface area contributed by atoms with Gasteiger partial charge in [0, 0.05) is 24.7 Å². The highest BCUT2D eigenvalue weighted by Crippen LogP contribution is 2.32. The van der Waals surface area contributed by atoms with E-state index >= 15 is 0 Å². The molecule has 2 N–H and O–H groups in total. The molecule has 0 spiro atoms. The van der Waals surface area contributed by atoms with E-state index in [-0.39, 0.29) is 5.75 Å². The smallest absolute Gasteiger partial charge is 0.167 e. The van der Waals surface area contributed by atoms with Crippen LogP contribution in [0.2, 0.25) is 0 Å². The Kier molecular flexibility index (Phi) is 4.61. The van der Waals surface area contributed by atoms with Crippen molar-refractivity contribution < 1.29 is 9.13 Å². The fourth-order valence-electron chi connectivity index (χ4n) is 1.86. The number of hydrogen-bond donors (Lipinski definition) is 1. The van der Waals surface area contributed by atoms with Crippen molar-refractivity contribution in [2.24, 2.45) is 0 Å². The van der Waals surface area contributed by atoms with Gasteiger partial charge in [0.05, 0.1) is 18.5 Å². The molecule has 0 aliphatic carbocycles. The van der Waals surface area contributed by atoms with Crippen LogP contribution < -0.4 is 15.4 Å². The quantitative estimate of drug-likeness (QED) is 0.804. The summed E-state index contributed by atoms with van der Waals surface area (Å²) in [4.78, 5) is 2.15. The van der Waals surface area contributed by atoms with Crippen LogP contribution in [-0.4, -0.2) is 19.7 Å². The highest BCUT2D eigenvalue weighted by atomic mass is 19.1. The topological polar surface area (TPSA) is 38.5 Å². The second kappa shape index (κ2) is 5.75. The number of halogens is 1. The zero-order chi connectivity index (χ0) is 13.0. The number of benzene rings is 1. The van der Waals surface area contributed by atoms with Crippen LogP contribution in [-0.2, 0) is 0 Å². The summed E-state index contributed by atoms with van der Waals surface area (Å²) in [5.74, 6) is -0.190. The number of rotatable bonds is 5. The van der Waals surface area contributed by atoms with Crippen molar-refractivity contribution in [2.75, 3.05) is 24.3 Å². The molecule has 0 atom stereocenters. The van der Waals surface area contributed by atoms with Gasteiger partial charge in [0.1, 0.15) is 0 Å². The van der Waals surface area contributed by atoms with Gasteiger partial charge in [-0.05, 0) is 20.3 Å². The maximum absolute atomic E-state index is 13.5. The van der Waals surface area contributed by atoms with E-state index in [1.165, 1.54) is 13.2 Å². The zero-order valence-electron chi connectivity index (χ0n) is 11.0. The highest BCUT2D eigenvalue weighted by Gasteiger charge is 2.16. The first kappa shape index (κ1) is 13.6. The van der Waals surface area contributed by atoms with E-state index in [1.807, 2.05) is 0 Å². The Morgan fingerprint density at radius 2 is 2.06 bits per heavy atom. The standard InChI is InChI=1S/C13H21FN2O/c1-5-6-16(9(2)3)12-8-13(17-4)10(14)7-11(12)15/h7-9H,5-6,15H2,1-4H3. The molecule has 3 nitrogen and oxygen atoms in total. The molecule has 0 saturated carbocycles. The molecule has 0 heterocycles. The van der Waals surface area contributed by atoms with Crippen molar-refractivity contribution in [2.45, 2.75) is 33.2 Å². The molecule has 0 bridgehead atoms. The largest absolute Gasteiger partial charge is 0.494 e. The molecule has 0 unspecified atom stereocenters. The molecule has 0 radical (unpaired) electrons. The van der Waals surface area contributed by atoms with Gasteiger partial charge in [-0.3, -0.25) is 0 Å². The monoisotopic (exact) mass is 240 g/mol. The molecule has 0 aromatic heterocycles. The minimum atomic E-state index is -0.422. The molecule has 0 amide bonds. The second-order valence-corrected chi connectivity index (χ2v) is 4.33. The van der Waals surface area contributed by atoms with Crippen molar-refractivity contribution in [3.63, 3.8) is 0 Å². The third kappa shape index (κ3) is 3.02. The van der Waals surface area contributed by atoms with Gasteiger partial charge in [0.15, 0.2) is 11.6 Å². The number of nitrogens with zero attached hydrogens (tertiary/aromatic N) is 1. The summed E-state index contributed by atoms with van der Waals surface area (Å²) in [6.45, 7) is 7.17. The van der Waals surface area contributed by atoms with Crippen LogP contribution in [0, 0.1) is 5.82 Å². The van der Waals surface area contributed by atoms with E-state index in [0.29, 0.717) is 11.7 Å². The molecular formula is C13H21FN2O. The van der Waals surface area contributed by atoms with Gasteiger partial charge < -0.3 is 15.4 Å². The Hall–Kier alpha value is -1.45. The lowest BCUT2D eigenvalue weighted by atomic mass is 10.2. The number of ether oxygens (including phenoxy) is 1. The molecule has 17 heavy (non-hydrogen) atoms. The van der Waals surface area contributed by atoms with Gasteiger partial charge in [-0.2, -0.15) is 0 Å². The molecule has 96 valence electrons. The molecule has 1 aromatic carbocycles. The van der Waals surface area contributed by atoms with E-state index in [9.17, 15) is 4.39 Å². The van der Waals surface area contributed by atoms with Gasteiger partial charge in [-0.1, -0.05) is 6.92 Å². The van der Waals surface area contributed by atoms with Crippen molar-refractivity contribution in [1.82, 2.24) is 0 Å². The van der Waals surface area contributed by atoms with Crippen molar-refractivity contribution >= 4 is 11.4 Å². The van der Waals surface area contributed by atoms with E-state index < -0.39 is 5.82 Å². The van der Waals surface area contributed by atoms with Crippen molar-refractivity contribution in [1.29, 1.82) is 0 Å². The Balaban J connectivity index is 3.18. The van der Waals surface area contributed by atoms with Gasteiger partial charge in [-0.25, -0.2) is 4.39 Å². The Morgan fingerprint density at radius 1 is 1.41 bits per heavy atom. The summed E-state index contributed by atoms with van der Waals surface area (Å²) in [5, 5.41) is 0. The zero-order valence-corrected chi connectivity index (χ0v) is 11.0. The summed E-state index contributed by atoms with van der Waals surface area (Å²) in [6, 6.07) is 3.30. The lowest BCUT2D eigenvalue weighted by Gasteiger charge is -2.30. The predicted molar refractivity (Wildman–Crippen MR) is 70.1 cm³/mol. The average molecular weight is 240 g/mol. The number of nitrogens with two attached hydrogens (primary N) is 1. The van der Waals surface area contributed by atoms with Crippen molar-refractivity contribution in [3.05, 3.63) is 17.9 Å². The van der Waals surface area contributed by atoms with E-state index in [2.05, 4.69) is 25.7 Å². The van der Waals surface area contributed by atoms with E-state index in [1.54, 1.807) is 6.07 Å². The van der Waals surface area contributed by atoms with E-state index in [4.69, 9.17) is 10.5 Å². The fraction of sp³-hybridized carbons (Fsp3) is 0.538. The van der Waals surface area contributed by atoms with Gasteiger partial charge >= 0.3 is 0 Å². The first-order chi connectivity index (χ1) is 8.01. The van der Waals surface area contributed by atoms with Crippen LogP contribution in [0.15, 0.2) is 12.1 Å². The summed E-state index contributed by atoms with van der Waals surface area (Å²) >= 11 is 0. The summed E-state index contributed by atoms with van der Waals surface area (Å²) in [7, 11) is 1.46.